The summed E-state index contributed by atoms with van der Waals surface area (Å²) in [5.41, 5.74) is 1.03. The minimum absolute atomic E-state index is 0.0238. The largest absolute Gasteiger partial charge is 0.336 e. The Morgan fingerprint density at radius 1 is 1.47 bits per heavy atom. The van der Waals surface area contributed by atoms with Crippen molar-refractivity contribution in [2.75, 3.05) is 6.54 Å². The molecule has 2 rings (SSSR count). The molecule has 0 aliphatic carbocycles. The van der Waals surface area contributed by atoms with Gasteiger partial charge in [-0.3, -0.25) is 4.79 Å². The van der Waals surface area contributed by atoms with E-state index in [4.69, 9.17) is 5.26 Å². The van der Waals surface area contributed by atoms with Gasteiger partial charge in [0.1, 0.15) is 0 Å². The maximum Gasteiger partial charge on any atom is 0.255 e. The predicted octanol–water partition coefficient (Wildman–Crippen LogP) is 3.35. The van der Waals surface area contributed by atoms with E-state index in [1.54, 1.807) is 18.2 Å². The van der Waals surface area contributed by atoms with Gasteiger partial charge < -0.3 is 4.90 Å². The van der Waals surface area contributed by atoms with Crippen molar-refractivity contribution in [2.24, 2.45) is 0 Å². The normalized spacial score (nSPS) is 18.3. The SMILES string of the molecule is CCCCC1CCCN1C(=O)c1ccccc1C#N. The van der Waals surface area contributed by atoms with Crippen LogP contribution in [0.3, 0.4) is 0 Å². The van der Waals surface area contributed by atoms with Crippen LogP contribution in [0.5, 0.6) is 0 Å². The minimum Gasteiger partial charge on any atom is -0.336 e. The molecule has 1 unspecified atom stereocenters. The highest BCUT2D eigenvalue weighted by Gasteiger charge is 2.29. The van der Waals surface area contributed by atoms with Crippen LogP contribution in [0.4, 0.5) is 0 Å². The molecule has 1 aliphatic rings. The van der Waals surface area contributed by atoms with Crippen LogP contribution in [0.2, 0.25) is 0 Å². The average molecular weight is 256 g/mol. The van der Waals surface area contributed by atoms with Crippen molar-refractivity contribution in [3.63, 3.8) is 0 Å². The first-order valence-electron chi connectivity index (χ1n) is 7.08. The molecule has 1 aliphatic heterocycles. The molecular weight excluding hydrogens is 236 g/mol. The van der Waals surface area contributed by atoms with Gasteiger partial charge in [0.2, 0.25) is 0 Å². The first kappa shape index (κ1) is 13.6. The van der Waals surface area contributed by atoms with Crippen molar-refractivity contribution < 1.29 is 4.79 Å². The monoisotopic (exact) mass is 256 g/mol. The van der Waals surface area contributed by atoms with E-state index in [0.29, 0.717) is 17.2 Å². The Bertz CT molecular complexity index is 490. The highest BCUT2D eigenvalue weighted by Crippen LogP contribution is 2.24. The van der Waals surface area contributed by atoms with E-state index in [-0.39, 0.29) is 5.91 Å². The summed E-state index contributed by atoms with van der Waals surface area (Å²) in [6, 6.07) is 9.57. The average Bonchev–Trinajstić information content (AvgIpc) is 2.92. The lowest BCUT2D eigenvalue weighted by molar-refractivity contribution is 0.0728. The van der Waals surface area contributed by atoms with Gasteiger partial charge in [-0.2, -0.15) is 5.26 Å². The quantitative estimate of drug-likeness (QED) is 0.829. The first-order chi connectivity index (χ1) is 9.27. The Kier molecular flexibility index (Phi) is 4.57. The maximum atomic E-state index is 12.6. The van der Waals surface area contributed by atoms with E-state index in [2.05, 4.69) is 13.0 Å². The molecule has 100 valence electrons. The molecule has 1 atom stereocenters. The van der Waals surface area contributed by atoms with E-state index < -0.39 is 0 Å². The number of benzene rings is 1. The Morgan fingerprint density at radius 3 is 3.00 bits per heavy atom. The van der Waals surface area contributed by atoms with E-state index in [0.717, 1.165) is 38.6 Å². The Morgan fingerprint density at radius 2 is 2.26 bits per heavy atom. The molecule has 0 saturated carbocycles. The first-order valence-corrected chi connectivity index (χ1v) is 7.08. The van der Waals surface area contributed by atoms with Gasteiger partial charge in [-0.25, -0.2) is 0 Å². The summed E-state index contributed by atoms with van der Waals surface area (Å²) < 4.78 is 0. The number of hydrogen-bond donors (Lipinski definition) is 0. The third kappa shape index (κ3) is 2.96. The van der Waals surface area contributed by atoms with E-state index in [1.807, 2.05) is 11.0 Å². The molecule has 0 aromatic heterocycles. The van der Waals surface area contributed by atoms with Crippen LogP contribution < -0.4 is 0 Å². The number of likely N-dealkylation sites (tertiary alicyclic amines) is 1. The number of nitrogens with zero attached hydrogens (tertiary/aromatic N) is 2. The zero-order valence-electron chi connectivity index (χ0n) is 11.4. The van der Waals surface area contributed by atoms with Crippen LogP contribution in [-0.2, 0) is 0 Å². The number of hydrogen-bond acceptors (Lipinski definition) is 2. The summed E-state index contributed by atoms with van der Waals surface area (Å²) in [7, 11) is 0. The Labute approximate surface area is 114 Å². The van der Waals surface area contributed by atoms with Gasteiger partial charge in [0.25, 0.3) is 5.91 Å². The van der Waals surface area contributed by atoms with E-state index in [1.165, 1.54) is 0 Å². The van der Waals surface area contributed by atoms with E-state index in [9.17, 15) is 4.79 Å². The molecule has 1 aromatic carbocycles. The highest BCUT2D eigenvalue weighted by molar-refractivity contribution is 5.97. The van der Waals surface area contributed by atoms with Crippen molar-refractivity contribution in [3.05, 3.63) is 35.4 Å². The summed E-state index contributed by atoms with van der Waals surface area (Å²) in [5, 5.41) is 9.10. The van der Waals surface area contributed by atoms with Crippen LogP contribution >= 0.6 is 0 Å². The lowest BCUT2D eigenvalue weighted by atomic mass is 10.0. The molecule has 0 bridgehead atoms. The summed E-state index contributed by atoms with van der Waals surface area (Å²) in [5.74, 6) is 0.0238. The van der Waals surface area contributed by atoms with Gasteiger partial charge >= 0.3 is 0 Å². The molecule has 0 radical (unpaired) electrons. The van der Waals surface area contributed by atoms with Crippen molar-refractivity contribution in [1.82, 2.24) is 4.90 Å². The van der Waals surface area contributed by atoms with Crippen LogP contribution in [0.15, 0.2) is 24.3 Å². The minimum atomic E-state index is 0.0238. The molecular formula is C16H20N2O. The van der Waals surface area contributed by atoms with Gasteiger partial charge in [-0.15, -0.1) is 0 Å². The number of rotatable bonds is 4. The molecule has 0 spiro atoms. The third-order valence-electron chi connectivity index (χ3n) is 3.81. The van der Waals surface area contributed by atoms with Crippen molar-refractivity contribution in [2.45, 2.75) is 45.1 Å². The summed E-state index contributed by atoms with van der Waals surface area (Å²) in [4.78, 5) is 14.5. The number of nitriles is 1. The second-order valence-corrected chi connectivity index (χ2v) is 5.09. The van der Waals surface area contributed by atoms with Crippen LogP contribution in [0.25, 0.3) is 0 Å². The van der Waals surface area contributed by atoms with Gasteiger partial charge in [0, 0.05) is 12.6 Å². The molecule has 1 amide bonds. The molecule has 19 heavy (non-hydrogen) atoms. The molecule has 3 nitrogen and oxygen atoms in total. The maximum absolute atomic E-state index is 12.6. The topological polar surface area (TPSA) is 44.1 Å². The van der Waals surface area contributed by atoms with E-state index >= 15 is 0 Å². The van der Waals surface area contributed by atoms with Gasteiger partial charge in [0.05, 0.1) is 17.2 Å². The number of carbonyl (C=O) groups excluding carboxylic acids is 1. The Hall–Kier alpha value is -1.82. The fourth-order valence-corrected chi connectivity index (χ4v) is 2.76. The van der Waals surface area contributed by atoms with Gasteiger partial charge in [-0.1, -0.05) is 31.9 Å². The molecule has 1 aromatic rings. The van der Waals surface area contributed by atoms with Crippen LogP contribution in [0.1, 0.15) is 54.9 Å². The van der Waals surface area contributed by atoms with Crippen molar-refractivity contribution >= 4 is 5.91 Å². The van der Waals surface area contributed by atoms with Crippen LogP contribution in [-0.4, -0.2) is 23.4 Å². The smallest absolute Gasteiger partial charge is 0.255 e. The van der Waals surface area contributed by atoms with Gasteiger partial charge in [-0.05, 0) is 31.4 Å². The fourth-order valence-electron chi connectivity index (χ4n) is 2.76. The number of carbonyl (C=O) groups is 1. The number of unbranched alkanes of at least 4 members (excludes halogenated alkanes) is 1. The van der Waals surface area contributed by atoms with Crippen LogP contribution in [0, 0.1) is 11.3 Å². The number of amides is 1. The van der Waals surface area contributed by atoms with Crippen molar-refractivity contribution in [1.29, 1.82) is 5.26 Å². The standard InChI is InChI=1S/C16H20N2O/c1-2-3-8-14-9-6-11-18(14)16(19)15-10-5-4-7-13(15)12-17/h4-5,7,10,14H,2-3,6,8-9,11H2,1H3. The Balaban J connectivity index is 2.16. The molecule has 3 heteroatoms. The predicted molar refractivity (Wildman–Crippen MR) is 74.7 cm³/mol. The highest BCUT2D eigenvalue weighted by atomic mass is 16.2. The molecule has 1 heterocycles. The third-order valence-corrected chi connectivity index (χ3v) is 3.81. The fraction of sp³-hybridized carbons (Fsp3) is 0.500. The summed E-state index contributed by atoms with van der Waals surface area (Å²) >= 11 is 0. The summed E-state index contributed by atoms with van der Waals surface area (Å²) in [6.45, 7) is 3.00. The molecule has 1 fully saturated rings. The zero-order valence-corrected chi connectivity index (χ0v) is 11.4. The van der Waals surface area contributed by atoms with Crippen molar-refractivity contribution in [3.8, 4) is 6.07 Å². The second-order valence-electron chi connectivity index (χ2n) is 5.09. The zero-order chi connectivity index (χ0) is 13.7. The second kappa shape index (κ2) is 6.38. The lowest BCUT2D eigenvalue weighted by Gasteiger charge is -2.25. The van der Waals surface area contributed by atoms with Gasteiger partial charge in [0.15, 0.2) is 0 Å². The molecule has 1 saturated heterocycles. The molecule has 0 N–H and O–H groups in total. The lowest BCUT2D eigenvalue weighted by Crippen LogP contribution is -2.35. The summed E-state index contributed by atoms with van der Waals surface area (Å²) in [6.07, 6.45) is 5.58.